The molecule has 0 spiro atoms. The maximum atomic E-state index is 5.00. The fourth-order valence-electron chi connectivity index (χ4n) is 7.37. The highest BCUT2D eigenvalue weighted by Gasteiger charge is 2.24. The van der Waals surface area contributed by atoms with E-state index in [0.29, 0.717) is 0 Å². The summed E-state index contributed by atoms with van der Waals surface area (Å²) in [6.45, 7) is 0. The molecule has 2 heterocycles. The summed E-state index contributed by atoms with van der Waals surface area (Å²) < 4.78 is 0. The zero-order chi connectivity index (χ0) is 31.9. The molecule has 0 N–H and O–H groups in total. The van der Waals surface area contributed by atoms with Crippen molar-refractivity contribution in [2.75, 3.05) is 0 Å². The third-order valence-electron chi connectivity index (χ3n) is 9.41. The number of fused-ring (bicyclic) bond motifs is 6. The number of nitrogens with zero attached hydrogens (tertiary/aromatic N) is 2. The fourth-order valence-corrected chi connectivity index (χ4v) is 7.37. The lowest BCUT2D eigenvalue weighted by atomic mass is 9.82. The summed E-state index contributed by atoms with van der Waals surface area (Å²) in [4.78, 5) is 9.99. The van der Waals surface area contributed by atoms with Crippen molar-refractivity contribution in [3.63, 3.8) is 0 Å². The van der Waals surface area contributed by atoms with Crippen LogP contribution in [-0.2, 0) is 0 Å². The quantitative estimate of drug-likeness (QED) is 0.181. The van der Waals surface area contributed by atoms with Crippen molar-refractivity contribution in [3.8, 4) is 55.9 Å². The van der Waals surface area contributed by atoms with Gasteiger partial charge >= 0.3 is 0 Å². The number of aromatic nitrogens is 2. The van der Waals surface area contributed by atoms with E-state index in [1.807, 2.05) is 24.5 Å². The number of hydrogen-bond acceptors (Lipinski definition) is 2. The van der Waals surface area contributed by atoms with Crippen molar-refractivity contribution in [2.24, 2.45) is 0 Å². The molecule has 224 valence electrons. The molecule has 0 fully saturated rings. The second-order valence-electron chi connectivity index (χ2n) is 12.1. The zero-order valence-corrected chi connectivity index (χ0v) is 26.2. The van der Waals surface area contributed by atoms with Crippen molar-refractivity contribution < 1.29 is 0 Å². The molecule has 0 amide bonds. The van der Waals surface area contributed by atoms with Gasteiger partial charge in [0.2, 0.25) is 0 Å². The minimum Gasteiger partial charge on any atom is -0.256 e. The molecule has 2 nitrogen and oxygen atoms in total. The van der Waals surface area contributed by atoms with Crippen LogP contribution in [-0.4, -0.2) is 9.97 Å². The molecule has 0 aliphatic rings. The molecule has 48 heavy (non-hydrogen) atoms. The van der Waals surface area contributed by atoms with Gasteiger partial charge in [0.05, 0.1) is 11.4 Å². The first kappa shape index (κ1) is 27.9. The molecule has 0 aliphatic carbocycles. The van der Waals surface area contributed by atoms with Crippen LogP contribution in [0.2, 0.25) is 0 Å². The minimum absolute atomic E-state index is 0.911. The van der Waals surface area contributed by atoms with Gasteiger partial charge in [0.15, 0.2) is 0 Å². The van der Waals surface area contributed by atoms with Gasteiger partial charge in [0.25, 0.3) is 0 Å². The molecule has 0 bridgehead atoms. The summed E-state index contributed by atoms with van der Waals surface area (Å²) in [6.07, 6.45) is 3.77. The molecule has 0 saturated heterocycles. The first-order chi connectivity index (χ1) is 23.9. The Labute approximate surface area is 279 Å². The fraction of sp³-hybridized carbons (Fsp3) is 0. The van der Waals surface area contributed by atoms with Crippen LogP contribution >= 0.6 is 0 Å². The molecule has 0 unspecified atom stereocenters. The topological polar surface area (TPSA) is 25.8 Å². The predicted molar refractivity (Wildman–Crippen MR) is 202 cm³/mol. The highest BCUT2D eigenvalue weighted by molar-refractivity contribution is 6.29. The van der Waals surface area contributed by atoms with Gasteiger partial charge in [-0.1, -0.05) is 146 Å². The van der Waals surface area contributed by atoms with Gasteiger partial charge in [-0.3, -0.25) is 9.97 Å². The highest BCUT2D eigenvalue weighted by Crippen LogP contribution is 2.49. The van der Waals surface area contributed by atoms with Gasteiger partial charge in [-0.05, 0) is 90.0 Å². The Bertz CT molecular complexity index is 2550. The van der Waals surface area contributed by atoms with Gasteiger partial charge < -0.3 is 0 Å². The van der Waals surface area contributed by atoms with Crippen LogP contribution in [0.5, 0.6) is 0 Å². The van der Waals surface area contributed by atoms with E-state index < -0.39 is 0 Å². The van der Waals surface area contributed by atoms with E-state index in [0.717, 1.165) is 39.2 Å². The Kier molecular flexibility index (Phi) is 6.84. The van der Waals surface area contributed by atoms with Crippen LogP contribution in [0.4, 0.5) is 0 Å². The maximum absolute atomic E-state index is 5.00. The van der Waals surface area contributed by atoms with E-state index in [1.165, 1.54) is 49.0 Å². The van der Waals surface area contributed by atoms with Crippen molar-refractivity contribution in [1.29, 1.82) is 0 Å². The van der Waals surface area contributed by atoms with Crippen molar-refractivity contribution in [3.05, 3.63) is 182 Å². The van der Waals surface area contributed by atoms with Gasteiger partial charge in [0.1, 0.15) is 0 Å². The van der Waals surface area contributed by atoms with E-state index in [9.17, 15) is 0 Å². The molecule has 0 atom stereocenters. The summed E-state index contributed by atoms with van der Waals surface area (Å²) in [5.74, 6) is 0. The SMILES string of the molecule is c1ccc(-c2ccccc2-c2ccc(-c3cccc4c5ccccc5c5ccccc5c34)c(-c3ccccn3)c2-c2ccccn2)cc1. The molecule has 0 saturated carbocycles. The average Bonchev–Trinajstić information content (AvgIpc) is 3.18. The van der Waals surface area contributed by atoms with Crippen LogP contribution < -0.4 is 0 Å². The largest absolute Gasteiger partial charge is 0.256 e. The molecule has 7 aromatic carbocycles. The first-order valence-electron chi connectivity index (χ1n) is 16.3. The van der Waals surface area contributed by atoms with Gasteiger partial charge in [-0.2, -0.15) is 0 Å². The predicted octanol–water partition coefficient (Wildman–Crippen LogP) is 12.3. The molecule has 9 rings (SSSR count). The van der Waals surface area contributed by atoms with Gasteiger partial charge in [-0.25, -0.2) is 0 Å². The van der Waals surface area contributed by atoms with E-state index in [1.54, 1.807) is 0 Å². The normalized spacial score (nSPS) is 11.3. The summed E-state index contributed by atoms with van der Waals surface area (Å²) in [5, 5.41) is 7.51. The monoisotopic (exact) mass is 610 g/mol. The molecule has 0 aliphatic heterocycles. The first-order valence-corrected chi connectivity index (χ1v) is 16.3. The second kappa shape index (κ2) is 11.8. The number of benzene rings is 7. The van der Waals surface area contributed by atoms with Crippen molar-refractivity contribution >= 4 is 32.3 Å². The number of pyridine rings is 2. The third-order valence-corrected chi connectivity index (χ3v) is 9.41. The van der Waals surface area contributed by atoms with Crippen LogP contribution in [0.3, 0.4) is 0 Å². The lowest BCUT2D eigenvalue weighted by Crippen LogP contribution is -1.98. The van der Waals surface area contributed by atoms with Crippen molar-refractivity contribution in [1.82, 2.24) is 9.97 Å². The van der Waals surface area contributed by atoms with E-state index in [-0.39, 0.29) is 0 Å². The third kappa shape index (κ3) is 4.58. The Morgan fingerprint density at radius 2 is 0.708 bits per heavy atom. The van der Waals surface area contributed by atoms with E-state index >= 15 is 0 Å². The molecular weight excluding hydrogens is 581 g/mol. The smallest absolute Gasteiger partial charge is 0.0715 e. The van der Waals surface area contributed by atoms with E-state index in [2.05, 4.69) is 158 Å². The lowest BCUT2D eigenvalue weighted by molar-refractivity contribution is 1.30. The minimum atomic E-state index is 0.911. The Hall–Kier alpha value is -6.38. The van der Waals surface area contributed by atoms with Crippen LogP contribution in [0.25, 0.3) is 88.2 Å². The lowest BCUT2D eigenvalue weighted by Gasteiger charge is -2.22. The Morgan fingerprint density at radius 3 is 1.29 bits per heavy atom. The summed E-state index contributed by atoms with van der Waals surface area (Å²) in [7, 11) is 0. The average molecular weight is 611 g/mol. The molecule has 0 radical (unpaired) electrons. The molecule has 9 aromatic rings. The molecule has 2 aromatic heterocycles. The van der Waals surface area contributed by atoms with Crippen LogP contribution in [0.15, 0.2) is 182 Å². The van der Waals surface area contributed by atoms with Crippen LogP contribution in [0.1, 0.15) is 0 Å². The number of rotatable bonds is 5. The van der Waals surface area contributed by atoms with Crippen LogP contribution in [0, 0.1) is 0 Å². The highest BCUT2D eigenvalue weighted by atomic mass is 14.7. The molecule has 2 heteroatoms. The Balaban J connectivity index is 1.45. The molecular formula is C46H30N2. The second-order valence-corrected chi connectivity index (χ2v) is 12.1. The summed E-state index contributed by atoms with van der Waals surface area (Å²) >= 11 is 0. The Morgan fingerprint density at radius 1 is 0.271 bits per heavy atom. The standard InChI is InChI=1S/C46H30N2/c1-2-15-31(16-3-1)32-17-4-5-18-33(32)40-27-28-41(46(43-26-11-13-30-48-43)45(40)42-25-10-12-29-47-42)39-24-14-23-38-36-20-7-6-19-34(36)35-21-8-9-22-37(35)44(38)39/h1-30H. The summed E-state index contributed by atoms with van der Waals surface area (Å²) in [5.41, 5.74) is 10.9. The number of hydrogen-bond donors (Lipinski definition) is 0. The summed E-state index contributed by atoms with van der Waals surface area (Å²) in [6, 6.07) is 60.5. The maximum Gasteiger partial charge on any atom is 0.0715 e. The van der Waals surface area contributed by atoms with Crippen molar-refractivity contribution in [2.45, 2.75) is 0 Å². The van der Waals surface area contributed by atoms with Gasteiger partial charge in [-0.15, -0.1) is 0 Å². The van der Waals surface area contributed by atoms with E-state index in [4.69, 9.17) is 9.97 Å². The zero-order valence-electron chi connectivity index (χ0n) is 26.2. The van der Waals surface area contributed by atoms with Gasteiger partial charge in [0, 0.05) is 23.5 Å².